The number of rotatable bonds is 10. The van der Waals surface area contributed by atoms with Gasteiger partial charge in [0.15, 0.2) is 0 Å². The Labute approximate surface area is 125 Å². The van der Waals surface area contributed by atoms with Gasteiger partial charge in [0.2, 0.25) is 5.91 Å². The van der Waals surface area contributed by atoms with Crippen molar-refractivity contribution in [1.82, 2.24) is 14.5 Å². The van der Waals surface area contributed by atoms with Crippen LogP contribution in [0.4, 0.5) is 0 Å². The third-order valence-electron chi connectivity index (χ3n) is 3.65. The van der Waals surface area contributed by atoms with Gasteiger partial charge in [-0.15, -0.1) is 0 Å². The first-order valence-electron chi connectivity index (χ1n) is 7.54. The maximum Gasteiger partial charge on any atom is 0.305 e. The van der Waals surface area contributed by atoms with Gasteiger partial charge in [0.1, 0.15) is 0 Å². The van der Waals surface area contributed by atoms with Gasteiger partial charge in [-0.1, -0.05) is 13.8 Å². The topological polar surface area (TPSA) is 75.4 Å². The standard InChI is InChI=1S/C15H25N3O3/c1-3-13(4-2)15(21)18(10-6-14(19)20)9-5-8-17-11-7-16-12-17/h7,11-13H,3-6,8-10H2,1-2H3,(H,19,20). The van der Waals surface area contributed by atoms with E-state index in [0.717, 1.165) is 25.8 Å². The Balaban J connectivity index is 2.54. The van der Waals surface area contributed by atoms with Gasteiger partial charge in [-0.3, -0.25) is 9.59 Å². The molecular formula is C15H25N3O3. The lowest BCUT2D eigenvalue weighted by Crippen LogP contribution is -2.38. The molecule has 0 saturated carbocycles. The van der Waals surface area contributed by atoms with Crippen molar-refractivity contribution in [3.05, 3.63) is 18.7 Å². The van der Waals surface area contributed by atoms with Crippen molar-refractivity contribution in [2.75, 3.05) is 13.1 Å². The second kappa shape index (κ2) is 9.15. The molecular weight excluding hydrogens is 270 g/mol. The Hall–Kier alpha value is -1.85. The molecule has 0 atom stereocenters. The minimum Gasteiger partial charge on any atom is -0.481 e. The number of nitrogens with zero attached hydrogens (tertiary/aromatic N) is 3. The minimum absolute atomic E-state index is 0.00301. The number of carboxylic acid groups (broad SMARTS) is 1. The highest BCUT2D eigenvalue weighted by Gasteiger charge is 2.21. The van der Waals surface area contributed by atoms with Gasteiger partial charge in [0, 0.05) is 37.9 Å². The summed E-state index contributed by atoms with van der Waals surface area (Å²) in [7, 11) is 0. The molecule has 0 aliphatic heterocycles. The van der Waals surface area contributed by atoms with Crippen LogP contribution in [0.15, 0.2) is 18.7 Å². The number of carboxylic acids is 1. The smallest absolute Gasteiger partial charge is 0.305 e. The molecule has 1 N–H and O–H groups in total. The first-order valence-corrected chi connectivity index (χ1v) is 7.54. The minimum atomic E-state index is -0.869. The second-order valence-electron chi connectivity index (χ2n) is 5.14. The summed E-state index contributed by atoms with van der Waals surface area (Å²) in [5.41, 5.74) is 0. The van der Waals surface area contributed by atoms with Gasteiger partial charge >= 0.3 is 5.97 Å². The fourth-order valence-corrected chi connectivity index (χ4v) is 2.32. The van der Waals surface area contributed by atoms with Crippen LogP contribution in [-0.4, -0.2) is 44.5 Å². The molecule has 21 heavy (non-hydrogen) atoms. The van der Waals surface area contributed by atoms with Crippen molar-refractivity contribution < 1.29 is 14.7 Å². The molecule has 0 saturated heterocycles. The number of carbonyl (C=O) groups excluding carboxylic acids is 1. The largest absolute Gasteiger partial charge is 0.481 e. The summed E-state index contributed by atoms with van der Waals surface area (Å²) in [6.07, 6.45) is 7.71. The van der Waals surface area contributed by atoms with Crippen LogP contribution in [0.5, 0.6) is 0 Å². The van der Waals surface area contributed by atoms with E-state index in [1.807, 2.05) is 24.6 Å². The van der Waals surface area contributed by atoms with Crippen molar-refractivity contribution in [2.24, 2.45) is 5.92 Å². The quantitative estimate of drug-likeness (QED) is 0.716. The van der Waals surface area contributed by atoms with Gasteiger partial charge in [-0.25, -0.2) is 4.98 Å². The highest BCUT2D eigenvalue weighted by molar-refractivity contribution is 5.79. The van der Waals surface area contributed by atoms with E-state index >= 15 is 0 Å². The van der Waals surface area contributed by atoms with E-state index in [0.29, 0.717) is 6.54 Å². The van der Waals surface area contributed by atoms with Gasteiger partial charge < -0.3 is 14.6 Å². The fraction of sp³-hybridized carbons (Fsp3) is 0.667. The van der Waals surface area contributed by atoms with Crippen molar-refractivity contribution in [2.45, 2.75) is 46.1 Å². The maximum atomic E-state index is 12.4. The summed E-state index contributed by atoms with van der Waals surface area (Å²) >= 11 is 0. The zero-order chi connectivity index (χ0) is 15.7. The van der Waals surface area contributed by atoms with Crippen molar-refractivity contribution >= 4 is 11.9 Å². The Morgan fingerprint density at radius 1 is 1.29 bits per heavy atom. The molecule has 1 amide bonds. The molecule has 1 aromatic heterocycles. The third kappa shape index (κ3) is 5.97. The molecule has 0 radical (unpaired) electrons. The van der Waals surface area contributed by atoms with E-state index in [9.17, 15) is 9.59 Å². The van der Waals surface area contributed by atoms with Crippen LogP contribution in [0.25, 0.3) is 0 Å². The normalized spacial score (nSPS) is 10.8. The number of amides is 1. The number of imidazole rings is 1. The van der Waals surface area contributed by atoms with Crippen molar-refractivity contribution in [1.29, 1.82) is 0 Å². The van der Waals surface area contributed by atoms with Gasteiger partial charge in [0.25, 0.3) is 0 Å². The van der Waals surface area contributed by atoms with Crippen LogP contribution < -0.4 is 0 Å². The Morgan fingerprint density at radius 2 is 2.00 bits per heavy atom. The summed E-state index contributed by atoms with van der Waals surface area (Å²) in [5, 5.41) is 8.82. The van der Waals surface area contributed by atoms with E-state index in [4.69, 9.17) is 5.11 Å². The number of hydrogen-bond acceptors (Lipinski definition) is 3. The molecule has 0 aliphatic rings. The molecule has 0 spiro atoms. The molecule has 0 bridgehead atoms. The van der Waals surface area contributed by atoms with Crippen LogP contribution in [0, 0.1) is 5.92 Å². The zero-order valence-corrected chi connectivity index (χ0v) is 12.9. The average molecular weight is 295 g/mol. The second-order valence-corrected chi connectivity index (χ2v) is 5.14. The molecule has 1 heterocycles. The lowest BCUT2D eigenvalue weighted by Gasteiger charge is -2.26. The number of aryl methyl sites for hydroxylation is 1. The highest BCUT2D eigenvalue weighted by atomic mass is 16.4. The van der Waals surface area contributed by atoms with E-state index in [1.165, 1.54) is 0 Å². The van der Waals surface area contributed by atoms with Crippen LogP contribution in [0.1, 0.15) is 39.5 Å². The molecule has 0 unspecified atom stereocenters. The number of hydrogen-bond donors (Lipinski definition) is 1. The predicted octanol–water partition coefficient (Wildman–Crippen LogP) is 2.01. The van der Waals surface area contributed by atoms with E-state index < -0.39 is 5.97 Å². The van der Waals surface area contributed by atoms with Crippen molar-refractivity contribution in [3.8, 4) is 0 Å². The monoisotopic (exact) mass is 295 g/mol. The summed E-state index contributed by atoms with van der Waals surface area (Å²) in [4.78, 5) is 28.8. The van der Waals surface area contributed by atoms with Crippen LogP contribution in [-0.2, 0) is 16.1 Å². The Bertz CT molecular complexity index is 427. The van der Waals surface area contributed by atoms with E-state index in [-0.39, 0.29) is 24.8 Å². The van der Waals surface area contributed by atoms with Crippen molar-refractivity contribution in [3.63, 3.8) is 0 Å². The maximum absolute atomic E-state index is 12.4. The molecule has 6 heteroatoms. The number of aliphatic carboxylic acids is 1. The molecule has 6 nitrogen and oxygen atoms in total. The Kier molecular flexibility index (Phi) is 7.50. The summed E-state index contributed by atoms with van der Waals surface area (Å²) in [6, 6.07) is 0. The lowest BCUT2D eigenvalue weighted by atomic mass is 10.0. The first-order chi connectivity index (χ1) is 10.1. The first kappa shape index (κ1) is 17.2. The number of carbonyl (C=O) groups is 2. The predicted molar refractivity (Wildman–Crippen MR) is 79.7 cm³/mol. The molecule has 0 fully saturated rings. The van der Waals surface area contributed by atoms with Gasteiger partial charge in [-0.05, 0) is 19.3 Å². The third-order valence-corrected chi connectivity index (χ3v) is 3.65. The van der Waals surface area contributed by atoms with Gasteiger partial charge in [-0.2, -0.15) is 0 Å². The molecule has 1 rings (SSSR count). The fourth-order valence-electron chi connectivity index (χ4n) is 2.32. The summed E-state index contributed by atoms with van der Waals surface area (Å²) in [5.74, 6) is -0.800. The zero-order valence-electron chi connectivity index (χ0n) is 12.9. The molecule has 0 aromatic carbocycles. The lowest BCUT2D eigenvalue weighted by molar-refractivity contribution is -0.140. The van der Waals surface area contributed by atoms with Gasteiger partial charge in [0.05, 0.1) is 12.7 Å². The van der Waals surface area contributed by atoms with Crippen LogP contribution in [0.2, 0.25) is 0 Å². The summed E-state index contributed by atoms with van der Waals surface area (Å²) in [6.45, 7) is 5.63. The molecule has 0 aliphatic carbocycles. The van der Waals surface area contributed by atoms with Crippen LogP contribution >= 0.6 is 0 Å². The Morgan fingerprint density at radius 3 is 2.52 bits per heavy atom. The number of aromatic nitrogens is 2. The van der Waals surface area contributed by atoms with Crippen LogP contribution in [0.3, 0.4) is 0 Å². The molecule has 1 aromatic rings. The summed E-state index contributed by atoms with van der Waals surface area (Å²) < 4.78 is 1.96. The average Bonchev–Trinajstić information content (AvgIpc) is 2.96. The van der Waals surface area contributed by atoms with E-state index in [2.05, 4.69) is 4.98 Å². The SMILES string of the molecule is CCC(CC)C(=O)N(CCCn1ccnc1)CCC(=O)O. The molecule has 118 valence electrons. The van der Waals surface area contributed by atoms with E-state index in [1.54, 1.807) is 17.4 Å². The highest BCUT2D eigenvalue weighted by Crippen LogP contribution is 2.13.